The lowest BCUT2D eigenvalue weighted by molar-refractivity contribution is -0.132. The Balaban J connectivity index is 1.53. The molecule has 1 N–H and O–H groups in total. The van der Waals surface area contributed by atoms with Crippen LogP contribution in [0.2, 0.25) is 0 Å². The van der Waals surface area contributed by atoms with Crippen LogP contribution >= 0.6 is 0 Å². The molecule has 1 aliphatic rings. The molecule has 1 aromatic heterocycles. The number of rotatable bonds is 6. The molecule has 0 saturated carbocycles. The minimum absolute atomic E-state index is 0.0555. The van der Waals surface area contributed by atoms with Crippen molar-refractivity contribution in [2.45, 2.75) is 38.8 Å². The maximum absolute atomic E-state index is 13.2. The van der Waals surface area contributed by atoms with Crippen molar-refractivity contribution in [2.24, 2.45) is 0 Å². The van der Waals surface area contributed by atoms with Crippen LogP contribution in [0.4, 0.5) is 4.79 Å². The fraction of sp³-hybridized carbons (Fsp3) is 0.273. The van der Waals surface area contributed by atoms with Crippen LogP contribution in [0.15, 0.2) is 59.1 Å². The zero-order chi connectivity index (χ0) is 20.4. The van der Waals surface area contributed by atoms with Crippen LogP contribution in [0.25, 0.3) is 0 Å². The van der Waals surface area contributed by atoms with Crippen LogP contribution < -0.4 is 5.32 Å². The number of carbonyl (C=O) groups excluding carboxylic acids is 2. The second-order valence-electron chi connectivity index (χ2n) is 7.15. The number of imide groups is 1. The highest BCUT2D eigenvalue weighted by atomic mass is 16.5. The SMILES string of the molecule is CC[C@]1(c2ccccc2)NC(=O)N(Cc2nc(Cc3ccccc3C)no2)C1=O. The number of nitrogens with one attached hydrogen (secondary N) is 1. The van der Waals surface area contributed by atoms with Crippen molar-refractivity contribution >= 4 is 11.9 Å². The van der Waals surface area contributed by atoms with E-state index in [9.17, 15) is 9.59 Å². The molecule has 0 spiro atoms. The number of amides is 3. The van der Waals surface area contributed by atoms with Crippen molar-refractivity contribution in [3.05, 3.63) is 83.0 Å². The van der Waals surface area contributed by atoms with Gasteiger partial charge in [-0.2, -0.15) is 4.98 Å². The fourth-order valence-corrected chi connectivity index (χ4v) is 3.67. The predicted molar refractivity (Wildman–Crippen MR) is 106 cm³/mol. The summed E-state index contributed by atoms with van der Waals surface area (Å²) in [5, 5.41) is 6.86. The molecule has 0 unspecified atom stereocenters. The summed E-state index contributed by atoms with van der Waals surface area (Å²) in [7, 11) is 0. The second kappa shape index (κ2) is 7.50. The summed E-state index contributed by atoms with van der Waals surface area (Å²) in [6.07, 6.45) is 0.972. The van der Waals surface area contributed by atoms with Gasteiger partial charge in [-0.3, -0.25) is 9.69 Å². The van der Waals surface area contributed by atoms with Crippen molar-refractivity contribution in [2.75, 3.05) is 0 Å². The molecular weight excluding hydrogens is 368 g/mol. The van der Waals surface area contributed by atoms with E-state index >= 15 is 0 Å². The summed E-state index contributed by atoms with van der Waals surface area (Å²) in [5.74, 6) is 0.443. The van der Waals surface area contributed by atoms with E-state index in [0.29, 0.717) is 18.7 Å². The highest BCUT2D eigenvalue weighted by Gasteiger charge is 2.51. The predicted octanol–water partition coefficient (Wildman–Crippen LogP) is 3.33. The van der Waals surface area contributed by atoms with Gasteiger partial charge in [0.15, 0.2) is 5.82 Å². The normalized spacial score (nSPS) is 18.9. The molecule has 7 nitrogen and oxygen atoms in total. The van der Waals surface area contributed by atoms with Gasteiger partial charge in [-0.1, -0.05) is 66.7 Å². The molecule has 7 heteroatoms. The maximum Gasteiger partial charge on any atom is 0.325 e. The summed E-state index contributed by atoms with van der Waals surface area (Å²) in [6.45, 7) is 3.85. The zero-order valence-corrected chi connectivity index (χ0v) is 16.4. The van der Waals surface area contributed by atoms with Gasteiger partial charge in [0.05, 0.1) is 0 Å². The summed E-state index contributed by atoms with van der Waals surface area (Å²) in [6, 6.07) is 16.8. The Kier molecular flexibility index (Phi) is 4.88. The Morgan fingerprint density at radius 3 is 2.52 bits per heavy atom. The quantitative estimate of drug-likeness (QED) is 0.652. The smallest absolute Gasteiger partial charge is 0.325 e. The van der Waals surface area contributed by atoms with Crippen molar-refractivity contribution in [1.82, 2.24) is 20.4 Å². The van der Waals surface area contributed by atoms with E-state index < -0.39 is 11.6 Å². The fourth-order valence-electron chi connectivity index (χ4n) is 3.67. The lowest BCUT2D eigenvalue weighted by atomic mass is 9.87. The Labute approximate surface area is 168 Å². The van der Waals surface area contributed by atoms with Gasteiger partial charge in [0.1, 0.15) is 12.1 Å². The van der Waals surface area contributed by atoms with Crippen LogP contribution in [0.5, 0.6) is 0 Å². The van der Waals surface area contributed by atoms with Crippen molar-refractivity contribution in [3.63, 3.8) is 0 Å². The Bertz CT molecular complexity index is 1050. The van der Waals surface area contributed by atoms with Gasteiger partial charge in [0.25, 0.3) is 5.91 Å². The van der Waals surface area contributed by atoms with E-state index in [4.69, 9.17) is 4.52 Å². The van der Waals surface area contributed by atoms with Crippen molar-refractivity contribution in [1.29, 1.82) is 0 Å². The third-order valence-electron chi connectivity index (χ3n) is 5.39. The molecular formula is C22H22N4O3. The minimum atomic E-state index is -1.07. The molecule has 1 aliphatic heterocycles. The third kappa shape index (κ3) is 3.40. The van der Waals surface area contributed by atoms with E-state index in [0.717, 1.165) is 21.6 Å². The molecule has 29 heavy (non-hydrogen) atoms. The van der Waals surface area contributed by atoms with Gasteiger partial charge in [0.2, 0.25) is 5.89 Å². The first-order chi connectivity index (χ1) is 14.0. The van der Waals surface area contributed by atoms with Gasteiger partial charge in [-0.15, -0.1) is 0 Å². The average molecular weight is 390 g/mol. The molecule has 3 aromatic rings. The van der Waals surface area contributed by atoms with Crippen LogP contribution in [0, 0.1) is 6.92 Å². The zero-order valence-electron chi connectivity index (χ0n) is 16.4. The van der Waals surface area contributed by atoms with Crippen LogP contribution in [0.3, 0.4) is 0 Å². The number of urea groups is 1. The molecule has 2 aromatic carbocycles. The lowest BCUT2D eigenvalue weighted by Gasteiger charge is -2.25. The Morgan fingerprint density at radius 2 is 1.79 bits per heavy atom. The molecule has 0 radical (unpaired) electrons. The van der Waals surface area contributed by atoms with E-state index in [1.54, 1.807) is 0 Å². The molecule has 3 amide bonds. The molecule has 4 rings (SSSR count). The molecule has 0 bridgehead atoms. The third-order valence-corrected chi connectivity index (χ3v) is 5.39. The van der Waals surface area contributed by atoms with E-state index in [1.165, 1.54) is 0 Å². The monoisotopic (exact) mass is 390 g/mol. The summed E-state index contributed by atoms with van der Waals surface area (Å²) in [5.41, 5.74) is 1.93. The standard InChI is InChI=1S/C22H22N4O3/c1-3-22(17-11-5-4-6-12-17)20(27)26(21(28)24-22)14-19-23-18(25-29-19)13-16-10-8-7-9-15(16)2/h4-12H,3,13-14H2,1-2H3,(H,24,28)/t22-/m1/s1. The first-order valence-corrected chi connectivity index (χ1v) is 9.59. The van der Waals surface area contributed by atoms with E-state index in [2.05, 4.69) is 15.5 Å². The average Bonchev–Trinajstić information content (AvgIpc) is 3.28. The number of aryl methyl sites for hydroxylation is 1. The van der Waals surface area contributed by atoms with Gasteiger partial charge in [0, 0.05) is 6.42 Å². The highest BCUT2D eigenvalue weighted by Crippen LogP contribution is 2.33. The molecule has 1 atom stereocenters. The maximum atomic E-state index is 13.2. The number of benzene rings is 2. The minimum Gasteiger partial charge on any atom is -0.337 e. The molecule has 2 heterocycles. The number of hydrogen-bond donors (Lipinski definition) is 1. The topological polar surface area (TPSA) is 88.3 Å². The molecule has 0 aliphatic carbocycles. The number of carbonyl (C=O) groups is 2. The Morgan fingerprint density at radius 1 is 1.07 bits per heavy atom. The van der Waals surface area contributed by atoms with Crippen molar-refractivity contribution < 1.29 is 14.1 Å². The van der Waals surface area contributed by atoms with Crippen LogP contribution in [0.1, 0.15) is 41.8 Å². The number of aromatic nitrogens is 2. The van der Waals surface area contributed by atoms with Gasteiger partial charge >= 0.3 is 6.03 Å². The summed E-state index contributed by atoms with van der Waals surface area (Å²) < 4.78 is 5.31. The van der Waals surface area contributed by atoms with Crippen LogP contribution in [-0.2, 0) is 23.3 Å². The highest BCUT2D eigenvalue weighted by molar-refractivity contribution is 6.07. The summed E-state index contributed by atoms with van der Waals surface area (Å²) in [4.78, 5) is 31.3. The van der Waals surface area contributed by atoms with Crippen LogP contribution in [-0.4, -0.2) is 27.0 Å². The molecule has 1 saturated heterocycles. The van der Waals surface area contributed by atoms with Crippen molar-refractivity contribution in [3.8, 4) is 0 Å². The van der Waals surface area contributed by atoms with E-state index in [-0.39, 0.29) is 18.3 Å². The summed E-state index contributed by atoms with van der Waals surface area (Å²) >= 11 is 0. The van der Waals surface area contributed by atoms with Gasteiger partial charge in [-0.25, -0.2) is 4.79 Å². The lowest BCUT2D eigenvalue weighted by Crippen LogP contribution is -2.43. The number of hydrogen-bond acceptors (Lipinski definition) is 5. The van der Waals surface area contributed by atoms with E-state index in [1.807, 2.05) is 68.4 Å². The Hall–Kier alpha value is -3.48. The first-order valence-electron chi connectivity index (χ1n) is 9.59. The van der Waals surface area contributed by atoms with Gasteiger partial charge in [-0.05, 0) is 30.0 Å². The first kappa shape index (κ1) is 18.9. The number of nitrogens with zero attached hydrogens (tertiary/aromatic N) is 3. The molecule has 148 valence electrons. The largest absolute Gasteiger partial charge is 0.337 e. The second-order valence-corrected chi connectivity index (χ2v) is 7.15. The van der Waals surface area contributed by atoms with Gasteiger partial charge < -0.3 is 9.84 Å². The molecule has 1 fully saturated rings.